The van der Waals surface area contributed by atoms with E-state index in [0.29, 0.717) is 29.9 Å². The molecule has 0 N–H and O–H groups in total. The van der Waals surface area contributed by atoms with Gasteiger partial charge in [-0.3, -0.25) is 0 Å². The first-order valence-corrected chi connectivity index (χ1v) is 23.5. The smallest absolute Gasteiger partial charge is 0.352 e. The number of ether oxygens (including phenoxy) is 3. The maximum Gasteiger partial charge on any atom is 0.352 e. The Kier molecular flexibility index (Phi) is 8.62. The summed E-state index contributed by atoms with van der Waals surface area (Å²) < 4.78 is 31.5. The minimum atomic E-state index is -2.05. The predicted molar refractivity (Wildman–Crippen MR) is 210 cm³/mol. The summed E-state index contributed by atoms with van der Waals surface area (Å²) in [6.45, 7) is 24.0. The first-order chi connectivity index (χ1) is 24.9. The van der Waals surface area contributed by atoms with Crippen LogP contribution in [0.1, 0.15) is 107 Å². The van der Waals surface area contributed by atoms with Gasteiger partial charge < -0.3 is 18.6 Å². The topological polar surface area (TPSA) is 89.2 Å². The van der Waals surface area contributed by atoms with Gasteiger partial charge in [-0.15, -0.1) is 0 Å². The molecule has 53 heavy (non-hydrogen) atoms. The van der Waals surface area contributed by atoms with Crippen LogP contribution < -0.4 is 11.4 Å². The molecule has 3 saturated carbocycles. The highest BCUT2D eigenvalue weighted by Crippen LogP contribution is 2.82. The number of aromatic nitrogens is 3. The van der Waals surface area contributed by atoms with E-state index in [9.17, 15) is 0 Å². The average molecular weight is 748 g/mol. The summed E-state index contributed by atoms with van der Waals surface area (Å²) in [6.07, 6.45) is 12.2. The van der Waals surface area contributed by atoms with E-state index < -0.39 is 30.4 Å². The summed E-state index contributed by atoms with van der Waals surface area (Å²) in [5.41, 5.74) is -2.64. The number of hydrogen-bond acceptors (Lipinski definition) is 6. The van der Waals surface area contributed by atoms with Gasteiger partial charge in [0.05, 0.1) is 23.4 Å². The molecule has 3 spiro atoms. The molecule has 10 heteroatoms. The summed E-state index contributed by atoms with van der Waals surface area (Å²) in [7, 11) is -0.403. The van der Waals surface area contributed by atoms with E-state index in [4.69, 9.17) is 18.6 Å². The Labute approximate surface area is 317 Å². The zero-order valence-corrected chi connectivity index (χ0v) is 35.2. The lowest BCUT2D eigenvalue weighted by Crippen LogP contribution is -2.81. The van der Waals surface area contributed by atoms with E-state index in [-0.39, 0.29) is 52.9 Å². The monoisotopic (exact) mass is 747 g/mol. The second-order valence-corrected chi connectivity index (χ2v) is 25.0. The number of benzene rings is 1. The van der Waals surface area contributed by atoms with E-state index in [1.807, 2.05) is 39.7 Å². The quantitative estimate of drug-likeness (QED) is 0.100. The van der Waals surface area contributed by atoms with Crippen LogP contribution in [-0.2, 0) is 29.7 Å². The van der Waals surface area contributed by atoms with Crippen molar-refractivity contribution in [3.05, 3.63) is 63.5 Å². The number of epoxide rings is 1. The summed E-state index contributed by atoms with van der Waals surface area (Å²) >= 11 is 0. The highest BCUT2D eigenvalue weighted by molar-refractivity contribution is 6.74. The molecule has 4 fully saturated rings. The zero-order valence-electron chi connectivity index (χ0n) is 34.2. The van der Waals surface area contributed by atoms with Crippen LogP contribution in [0.25, 0.3) is 5.69 Å². The van der Waals surface area contributed by atoms with Gasteiger partial charge in [0.1, 0.15) is 17.9 Å². The van der Waals surface area contributed by atoms with Crippen LogP contribution in [0.3, 0.4) is 0 Å². The Balaban J connectivity index is 1.28. The Bertz CT molecular complexity index is 1890. The molecule has 9 nitrogen and oxygen atoms in total. The molecule has 2 aromatic rings. The molecular formula is C43H65N3O6Si. The van der Waals surface area contributed by atoms with E-state index >= 15 is 9.59 Å². The third-order valence-corrected chi connectivity index (χ3v) is 20.9. The number of hydrogen-bond donors (Lipinski definition) is 0. The third kappa shape index (κ3) is 4.74. The van der Waals surface area contributed by atoms with E-state index in [0.717, 1.165) is 44.9 Å². The van der Waals surface area contributed by atoms with E-state index in [1.165, 1.54) is 4.57 Å². The molecule has 11 atom stereocenters. The second kappa shape index (κ2) is 12.1. The zero-order chi connectivity index (χ0) is 38.1. The van der Waals surface area contributed by atoms with Crippen LogP contribution >= 0.6 is 0 Å². The Morgan fingerprint density at radius 1 is 0.943 bits per heavy atom. The third-order valence-electron chi connectivity index (χ3n) is 16.4. The molecule has 4 aliphatic carbocycles. The van der Waals surface area contributed by atoms with Gasteiger partial charge in [0.25, 0.3) is 0 Å². The van der Waals surface area contributed by atoms with Crippen LogP contribution in [0.4, 0.5) is 0 Å². The minimum Gasteiger partial charge on any atom is -0.414 e. The lowest BCUT2D eigenvalue weighted by atomic mass is 9.40. The van der Waals surface area contributed by atoms with Crippen LogP contribution in [0.2, 0.25) is 18.1 Å². The number of methoxy groups -OCH3 is 1. The van der Waals surface area contributed by atoms with Crippen molar-refractivity contribution in [1.82, 2.24) is 13.9 Å². The van der Waals surface area contributed by atoms with Crippen molar-refractivity contribution in [2.75, 3.05) is 13.9 Å². The van der Waals surface area contributed by atoms with Gasteiger partial charge in [-0.2, -0.15) is 0 Å². The predicted octanol–water partition coefficient (Wildman–Crippen LogP) is 7.99. The van der Waals surface area contributed by atoms with Crippen molar-refractivity contribution < 1.29 is 18.6 Å². The Morgan fingerprint density at radius 3 is 2.30 bits per heavy atom. The van der Waals surface area contributed by atoms with Crippen molar-refractivity contribution >= 4 is 8.32 Å². The molecule has 3 aliphatic heterocycles. The molecular weight excluding hydrogens is 683 g/mol. The van der Waals surface area contributed by atoms with E-state index in [1.54, 1.807) is 7.11 Å². The molecule has 1 aromatic heterocycles. The molecule has 0 unspecified atom stereocenters. The van der Waals surface area contributed by atoms with Gasteiger partial charge in [-0.1, -0.05) is 85.7 Å². The normalized spacial score (nSPS) is 39.2. The minimum absolute atomic E-state index is 0.00595. The molecule has 292 valence electrons. The molecule has 2 bridgehead atoms. The van der Waals surface area contributed by atoms with Gasteiger partial charge in [0.15, 0.2) is 8.32 Å². The fourth-order valence-corrected chi connectivity index (χ4v) is 14.2. The number of para-hydroxylation sites is 1. The summed E-state index contributed by atoms with van der Waals surface area (Å²) in [5, 5.41) is 0.122. The lowest BCUT2D eigenvalue weighted by molar-refractivity contribution is -0.206. The van der Waals surface area contributed by atoms with Crippen molar-refractivity contribution in [2.24, 2.45) is 34.5 Å². The Morgan fingerprint density at radius 2 is 1.64 bits per heavy atom. The van der Waals surface area contributed by atoms with Crippen LogP contribution in [0.5, 0.6) is 0 Å². The first-order valence-electron chi connectivity index (χ1n) is 20.6. The largest absolute Gasteiger partial charge is 0.414 e. The van der Waals surface area contributed by atoms with Crippen LogP contribution in [0, 0.1) is 34.5 Å². The summed E-state index contributed by atoms with van der Waals surface area (Å²) in [4.78, 5) is 30.3. The molecule has 1 aromatic carbocycles. The standard InChI is InChI=1S/C43H65N3O6Si/c1-28(2)17-19-33(52-53(10,11)38(4,5)6)29(3)32-18-20-34-39(32,7)26-35-43(51-35)40(8)22-21-31(50-27-49-9)25-41(40)23-24-42(34,43)46-37(48)44(36(47)45(41)46)30-15-13-12-14-16-30/h12-16,23-24,28-29,31-35H,17-22,25-27H2,1-11H3/t29-,31-,32+,33+,34+,35+,39+,40-,41+,42-,43-/m0/s1. The van der Waals surface area contributed by atoms with Gasteiger partial charge in [-0.05, 0) is 104 Å². The average Bonchev–Trinajstić information content (AvgIpc) is 3.62. The van der Waals surface area contributed by atoms with Gasteiger partial charge in [-0.25, -0.2) is 23.5 Å². The van der Waals surface area contributed by atoms with Gasteiger partial charge >= 0.3 is 11.4 Å². The van der Waals surface area contributed by atoms with Gasteiger partial charge in [0.2, 0.25) is 0 Å². The fraction of sp³-hybridized carbons (Fsp3) is 0.767. The highest BCUT2D eigenvalue weighted by Gasteiger charge is 2.91. The molecule has 0 amide bonds. The maximum absolute atomic E-state index is 15.2. The fourth-order valence-electron chi connectivity index (χ4n) is 12.8. The van der Waals surface area contributed by atoms with Crippen molar-refractivity contribution in [1.29, 1.82) is 0 Å². The molecule has 9 rings (SSSR count). The summed E-state index contributed by atoms with van der Waals surface area (Å²) in [5.74, 6) is 1.46. The number of rotatable bonds is 11. The lowest BCUT2D eigenvalue weighted by Gasteiger charge is -2.70. The maximum atomic E-state index is 15.2. The van der Waals surface area contributed by atoms with E-state index in [2.05, 4.69) is 80.6 Å². The Hall–Kier alpha value is -2.24. The van der Waals surface area contributed by atoms with Crippen LogP contribution in [0.15, 0.2) is 52.1 Å². The van der Waals surface area contributed by atoms with Crippen molar-refractivity contribution in [3.63, 3.8) is 0 Å². The molecule has 0 radical (unpaired) electrons. The highest BCUT2D eigenvalue weighted by atomic mass is 28.4. The van der Waals surface area contributed by atoms with Crippen molar-refractivity contribution in [3.8, 4) is 5.69 Å². The SMILES string of the molecule is COCO[C@H]1CC[C@]2(C)[C@@]34O[C@@H]3C[C@]3(C)[C@@H]([C@H](C)[C@@H](CCC(C)C)O[Si](C)(C)C(C)(C)C)CC[C@H]3[C@@]43C=C[C@]2(C1)n1c(=O)n(-c2ccccc2)c(=O)n13. The number of fused-ring (bicyclic) bond motifs is 1. The number of nitrogens with zero attached hydrogens (tertiary/aromatic N) is 3. The molecule has 1 saturated heterocycles. The first kappa shape index (κ1) is 37.7. The number of allylic oxidation sites excluding steroid dienone is 1. The molecule has 7 aliphatic rings. The molecule has 4 heterocycles. The summed E-state index contributed by atoms with van der Waals surface area (Å²) in [6, 6.07) is 9.46. The van der Waals surface area contributed by atoms with Gasteiger partial charge in [0, 0.05) is 25.0 Å². The second-order valence-electron chi connectivity index (χ2n) is 20.2. The van der Waals surface area contributed by atoms with Crippen molar-refractivity contribution in [2.45, 2.75) is 160 Å². The van der Waals surface area contributed by atoms with Crippen LogP contribution in [-0.4, -0.2) is 60.1 Å².